The molecule has 0 aliphatic rings. The van der Waals surface area contributed by atoms with Gasteiger partial charge in [-0.2, -0.15) is 0 Å². The van der Waals surface area contributed by atoms with Crippen molar-refractivity contribution in [3.8, 4) is 0 Å². The number of nitrogens with one attached hydrogen (secondary N) is 1. The van der Waals surface area contributed by atoms with Gasteiger partial charge in [-0.1, -0.05) is 45.7 Å². The summed E-state index contributed by atoms with van der Waals surface area (Å²) in [4.78, 5) is 4.42. The van der Waals surface area contributed by atoms with Crippen LogP contribution < -0.4 is 5.32 Å². The Morgan fingerprint density at radius 3 is 2.65 bits per heavy atom. The van der Waals surface area contributed by atoms with Gasteiger partial charge in [0.2, 0.25) is 0 Å². The van der Waals surface area contributed by atoms with E-state index in [0.717, 1.165) is 32.2 Å². The molecular weight excluding hydrogens is 376 g/mol. The smallest absolute Gasteiger partial charge is 0.134 e. The fourth-order valence-corrected chi connectivity index (χ4v) is 3.15. The molecule has 2 aromatic carbocycles. The Morgan fingerprint density at radius 2 is 1.91 bits per heavy atom. The van der Waals surface area contributed by atoms with Gasteiger partial charge in [0.15, 0.2) is 0 Å². The number of benzene rings is 2. The van der Waals surface area contributed by atoms with Crippen LogP contribution >= 0.6 is 27.5 Å². The van der Waals surface area contributed by atoms with Crippen molar-refractivity contribution in [1.82, 2.24) is 4.98 Å². The molecule has 3 aromatic rings. The van der Waals surface area contributed by atoms with Gasteiger partial charge >= 0.3 is 0 Å². The lowest BCUT2D eigenvalue weighted by Gasteiger charge is -2.15. The molecule has 0 aliphatic carbocycles. The second-order valence-electron chi connectivity index (χ2n) is 5.39. The molecule has 1 unspecified atom stereocenters. The lowest BCUT2D eigenvalue weighted by Crippen LogP contribution is -2.13. The summed E-state index contributed by atoms with van der Waals surface area (Å²) >= 11 is 9.45. The Morgan fingerprint density at radius 1 is 1.17 bits per heavy atom. The van der Waals surface area contributed by atoms with Crippen molar-refractivity contribution in [2.75, 3.05) is 11.9 Å². The molecule has 3 nitrogen and oxygen atoms in total. The number of rotatable bonds is 4. The summed E-state index contributed by atoms with van der Waals surface area (Å²) in [5, 5.41) is 16.4. The first-order chi connectivity index (χ1) is 11.1. The maximum Gasteiger partial charge on any atom is 0.134 e. The highest BCUT2D eigenvalue weighted by Crippen LogP contribution is 2.31. The molecule has 0 amide bonds. The van der Waals surface area contributed by atoms with E-state index in [2.05, 4.69) is 39.2 Å². The maximum atomic E-state index is 10.3. The van der Waals surface area contributed by atoms with Crippen LogP contribution in [0.25, 0.3) is 10.8 Å². The van der Waals surface area contributed by atoms with Crippen LogP contribution in [0.15, 0.2) is 53.1 Å². The number of aliphatic hydroxyl groups excluding tert-OH is 1. The van der Waals surface area contributed by atoms with Crippen LogP contribution in [0.5, 0.6) is 0 Å². The number of pyridine rings is 1. The monoisotopic (exact) mass is 390 g/mol. The Balaban J connectivity index is 1.85. The van der Waals surface area contributed by atoms with Crippen molar-refractivity contribution in [2.45, 2.75) is 13.0 Å². The second-order valence-corrected chi connectivity index (χ2v) is 6.69. The Bertz CT molecular complexity index is 836. The molecular formula is C18H16BrClN2O. The van der Waals surface area contributed by atoms with Crippen LogP contribution in [-0.2, 0) is 0 Å². The molecule has 118 valence electrons. The van der Waals surface area contributed by atoms with E-state index in [0.29, 0.717) is 11.6 Å². The van der Waals surface area contributed by atoms with E-state index in [1.54, 1.807) is 18.3 Å². The molecule has 0 saturated heterocycles. The van der Waals surface area contributed by atoms with Gasteiger partial charge in [0, 0.05) is 33.0 Å². The van der Waals surface area contributed by atoms with E-state index in [9.17, 15) is 5.11 Å². The van der Waals surface area contributed by atoms with Crippen LogP contribution in [0.2, 0.25) is 5.02 Å². The molecule has 2 N–H and O–H groups in total. The average Bonchev–Trinajstić information content (AvgIpc) is 2.56. The standard InChI is InChI=1S/C18H16BrClN2O/c1-11-2-7-15(19)14-8-9-21-18(17(11)14)22-10-16(23)12-3-5-13(20)6-4-12/h2-9,16,23H,10H2,1H3,(H,21,22). The van der Waals surface area contributed by atoms with E-state index in [-0.39, 0.29) is 0 Å². The molecule has 1 atom stereocenters. The number of fused-ring (bicyclic) bond motifs is 1. The highest BCUT2D eigenvalue weighted by Gasteiger charge is 2.11. The minimum Gasteiger partial charge on any atom is -0.387 e. The summed E-state index contributed by atoms with van der Waals surface area (Å²) in [5.41, 5.74) is 1.96. The average molecular weight is 392 g/mol. The lowest BCUT2D eigenvalue weighted by molar-refractivity contribution is 0.191. The normalized spacial score (nSPS) is 12.3. The Hall–Kier alpha value is -1.62. The Kier molecular flexibility index (Phi) is 4.85. The second kappa shape index (κ2) is 6.87. The first-order valence-electron chi connectivity index (χ1n) is 7.27. The van der Waals surface area contributed by atoms with Crippen molar-refractivity contribution in [3.63, 3.8) is 0 Å². The number of aryl methyl sites for hydroxylation is 1. The zero-order valence-corrected chi connectivity index (χ0v) is 14.9. The van der Waals surface area contributed by atoms with E-state index in [4.69, 9.17) is 11.6 Å². The fraction of sp³-hybridized carbons (Fsp3) is 0.167. The van der Waals surface area contributed by atoms with Gasteiger partial charge in [-0.25, -0.2) is 4.98 Å². The maximum absolute atomic E-state index is 10.3. The predicted octanol–water partition coefficient (Wildman–Crippen LogP) is 5.10. The number of aromatic nitrogens is 1. The number of hydrogen-bond donors (Lipinski definition) is 2. The molecule has 23 heavy (non-hydrogen) atoms. The molecule has 0 aliphatic heterocycles. The molecule has 0 radical (unpaired) electrons. The first kappa shape index (κ1) is 16.2. The third-order valence-electron chi connectivity index (χ3n) is 3.80. The number of anilines is 1. The zero-order chi connectivity index (χ0) is 16.4. The summed E-state index contributed by atoms with van der Waals surface area (Å²) in [6, 6.07) is 13.3. The third-order valence-corrected chi connectivity index (χ3v) is 4.74. The predicted molar refractivity (Wildman–Crippen MR) is 99.1 cm³/mol. The van der Waals surface area contributed by atoms with E-state index in [1.165, 1.54) is 0 Å². The molecule has 3 rings (SSSR count). The summed E-state index contributed by atoms with van der Waals surface area (Å²) in [5.74, 6) is 0.773. The van der Waals surface area contributed by atoms with E-state index in [1.807, 2.05) is 24.3 Å². The van der Waals surface area contributed by atoms with Gasteiger partial charge in [-0.15, -0.1) is 0 Å². The van der Waals surface area contributed by atoms with Crippen molar-refractivity contribution < 1.29 is 5.11 Å². The summed E-state index contributed by atoms with van der Waals surface area (Å²) in [6.07, 6.45) is 1.14. The molecule has 0 saturated carbocycles. The van der Waals surface area contributed by atoms with Crippen molar-refractivity contribution in [1.29, 1.82) is 0 Å². The molecule has 0 fully saturated rings. The van der Waals surface area contributed by atoms with Crippen LogP contribution in [0, 0.1) is 6.92 Å². The van der Waals surface area contributed by atoms with Gasteiger partial charge in [0.1, 0.15) is 5.82 Å². The van der Waals surface area contributed by atoms with Crippen molar-refractivity contribution in [2.24, 2.45) is 0 Å². The van der Waals surface area contributed by atoms with Gasteiger partial charge in [-0.05, 0) is 42.3 Å². The molecule has 0 bridgehead atoms. The third kappa shape index (κ3) is 3.50. The van der Waals surface area contributed by atoms with E-state index < -0.39 is 6.10 Å². The fourth-order valence-electron chi connectivity index (χ4n) is 2.56. The SMILES string of the molecule is Cc1ccc(Br)c2ccnc(NCC(O)c3ccc(Cl)cc3)c12. The minimum absolute atomic E-state index is 0.375. The number of hydrogen-bond acceptors (Lipinski definition) is 3. The van der Waals surface area contributed by atoms with Crippen LogP contribution in [0.3, 0.4) is 0 Å². The van der Waals surface area contributed by atoms with Crippen LogP contribution in [0.4, 0.5) is 5.82 Å². The number of aliphatic hydroxyl groups is 1. The largest absolute Gasteiger partial charge is 0.387 e. The summed E-state index contributed by atoms with van der Waals surface area (Å²) in [7, 11) is 0. The highest BCUT2D eigenvalue weighted by atomic mass is 79.9. The number of nitrogens with zero attached hydrogens (tertiary/aromatic N) is 1. The quantitative estimate of drug-likeness (QED) is 0.650. The first-order valence-corrected chi connectivity index (χ1v) is 8.44. The van der Waals surface area contributed by atoms with Gasteiger partial charge < -0.3 is 10.4 Å². The van der Waals surface area contributed by atoms with E-state index >= 15 is 0 Å². The molecule has 5 heteroatoms. The van der Waals surface area contributed by atoms with Crippen LogP contribution in [0.1, 0.15) is 17.2 Å². The molecule has 0 spiro atoms. The van der Waals surface area contributed by atoms with Gasteiger partial charge in [0.05, 0.1) is 6.10 Å². The minimum atomic E-state index is -0.628. The number of halogens is 2. The summed E-state index contributed by atoms with van der Waals surface area (Å²) in [6.45, 7) is 2.43. The Labute approximate surface area is 148 Å². The van der Waals surface area contributed by atoms with Crippen molar-refractivity contribution >= 4 is 44.1 Å². The van der Waals surface area contributed by atoms with Gasteiger partial charge in [-0.3, -0.25) is 0 Å². The van der Waals surface area contributed by atoms with Crippen LogP contribution in [-0.4, -0.2) is 16.6 Å². The summed E-state index contributed by atoms with van der Waals surface area (Å²) < 4.78 is 1.03. The molecule has 1 aromatic heterocycles. The molecule has 1 heterocycles. The van der Waals surface area contributed by atoms with Crippen molar-refractivity contribution in [3.05, 3.63) is 69.3 Å². The topological polar surface area (TPSA) is 45.2 Å². The zero-order valence-electron chi connectivity index (χ0n) is 12.6. The van der Waals surface area contributed by atoms with Gasteiger partial charge in [0.25, 0.3) is 0 Å². The highest BCUT2D eigenvalue weighted by molar-refractivity contribution is 9.10. The lowest BCUT2D eigenvalue weighted by atomic mass is 10.1.